The van der Waals surface area contributed by atoms with Crippen molar-refractivity contribution in [2.24, 2.45) is 5.41 Å². The summed E-state index contributed by atoms with van der Waals surface area (Å²) >= 11 is 5.72. The van der Waals surface area contributed by atoms with Crippen LogP contribution in [0, 0.1) is 11.2 Å². The molecule has 1 spiro atoms. The van der Waals surface area contributed by atoms with E-state index in [4.69, 9.17) is 16.7 Å². The zero-order valence-corrected chi connectivity index (χ0v) is 16.7. The molecule has 1 N–H and O–H groups in total. The van der Waals surface area contributed by atoms with E-state index in [1.807, 2.05) is 6.92 Å². The minimum absolute atomic E-state index is 0.00360. The molecular formula is C18H24ClFN2O4S. The van der Waals surface area contributed by atoms with Crippen molar-refractivity contribution in [2.45, 2.75) is 43.2 Å². The van der Waals surface area contributed by atoms with Gasteiger partial charge in [0.2, 0.25) is 15.9 Å². The summed E-state index contributed by atoms with van der Waals surface area (Å²) in [4.78, 5) is 13.6. The summed E-state index contributed by atoms with van der Waals surface area (Å²) in [6.45, 7) is 2.52. The topological polar surface area (TPSA) is 77.9 Å². The van der Waals surface area contributed by atoms with Gasteiger partial charge >= 0.3 is 0 Å². The Hall–Kier alpha value is -1.22. The highest BCUT2D eigenvalue weighted by Gasteiger charge is 2.57. The number of carbonyl (C=O) groups is 1. The van der Waals surface area contributed by atoms with E-state index in [9.17, 15) is 17.6 Å². The molecule has 0 radical (unpaired) electrons. The number of benzene rings is 1. The molecule has 2 fully saturated rings. The summed E-state index contributed by atoms with van der Waals surface area (Å²) in [5.41, 5.74) is -0.160. The highest BCUT2D eigenvalue weighted by atomic mass is 35.5. The number of rotatable bonds is 7. The lowest BCUT2D eigenvalue weighted by Crippen LogP contribution is -2.68. The van der Waals surface area contributed by atoms with Crippen LogP contribution in [-0.2, 0) is 14.8 Å². The van der Waals surface area contributed by atoms with Gasteiger partial charge in [0.05, 0.1) is 0 Å². The van der Waals surface area contributed by atoms with Crippen LogP contribution in [0.1, 0.15) is 26.2 Å². The SMILES string of the molecule is CC(CCO)N(C(=O)CCl)C1CC2(C1)CN(S(=O)(=O)c1ccccc1F)C2. The first-order valence-electron chi connectivity index (χ1n) is 8.97. The van der Waals surface area contributed by atoms with Gasteiger partial charge in [-0.3, -0.25) is 4.79 Å². The van der Waals surface area contributed by atoms with Crippen LogP contribution in [0.15, 0.2) is 29.2 Å². The van der Waals surface area contributed by atoms with Crippen LogP contribution >= 0.6 is 11.6 Å². The third-order valence-corrected chi connectivity index (χ3v) is 7.69. The normalized spacial score (nSPS) is 20.7. The smallest absolute Gasteiger partial charge is 0.246 e. The molecule has 1 aliphatic heterocycles. The number of alkyl halides is 1. The monoisotopic (exact) mass is 418 g/mol. The predicted octanol–water partition coefficient (Wildman–Crippen LogP) is 1.82. The van der Waals surface area contributed by atoms with Crippen LogP contribution in [0.5, 0.6) is 0 Å². The average Bonchev–Trinajstić information content (AvgIpc) is 2.55. The molecule has 3 rings (SSSR count). The highest BCUT2D eigenvalue weighted by Crippen LogP contribution is 2.52. The number of carbonyl (C=O) groups excluding carboxylic acids is 1. The number of hydrogen-bond acceptors (Lipinski definition) is 4. The summed E-state index contributed by atoms with van der Waals surface area (Å²) in [6.07, 6.45) is 1.85. The second-order valence-electron chi connectivity index (χ2n) is 7.56. The van der Waals surface area contributed by atoms with Crippen molar-refractivity contribution in [3.63, 3.8) is 0 Å². The molecule has 1 aromatic carbocycles. The number of aliphatic hydroxyl groups is 1. The van der Waals surface area contributed by atoms with Crippen LogP contribution in [-0.4, -0.2) is 66.3 Å². The van der Waals surface area contributed by atoms with Gasteiger partial charge in [-0.15, -0.1) is 11.6 Å². The standard InChI is InChI=1S/C18H24ClFN2O4S/c1-13(6-7-23)22(17(24)10-19)14-8-18(9-14)11-21(12-18)27(25,26)16-5-3-2-4-15(16)20/h2-5,13-14,23H,6-12H2,1H3. The van der Waals surface area contributed by atoms with E-state index in [2.05, 4.69) is 0 Å². The zero-order chi connectivity index (χ0) is 19.8. The summed E-state index contributed by atoms with van der Waals surface area (Å²) in [5.74, 6) is -1.04. The molecule has 150 valence electrons. The quantitative estimate of drug-likeness (QED) is 0.685. The third-order valence-electron chi connectivity index (χ3n) is 5.63. The van der Waals surface area contributed by atoms with Crippen LogP contribution < -0.4 is 0 Å². The maximum absolute atomic E-state index is 13.9. The largest absolute Gasteiger partial charge is 0.396 e. The van der Waals surface area contributed by atoms with E-state index in [0.29, 0.717) is 32.4 Å². The lowest BCUT2D eigenvalue weighted by atomic mass is 9.61. The second-order valence-corrected chi connectivity index (χ2v) is 9.74. The molecule has 1 aliphatic carbocycles. The Morgan fingerprint density at radius 2 is 2.04 bits per heavy atom. The Kier molecular flexibility index (Phi) is 5.82. The Morgan fingerprint density at radius 1 is 1.41 bits per heavy atom. The Labute approximate surface area is 164 Å². The molecule has 1 atom stereocenters. The van der Waals surface area contributed by atoms with Crippen molar-refractivity contribution in [3.05, 3.63) is 30.1 Å². The van der Waals surface area contributed by atoms with Crippen molar-refractivity contribution in [1.82, 2.24) is 9.21 Å². The molecule has 1 heterocycles. The van der Waals surface area contributed by atoms with E-state index in [1.165, 1.54) is 22.5 Å². The number of hydrogen-bond donors (Lipinski definition) is 1. The molecule has 0 bridgehead atoms. The summed E-state index contributed by atoms with van der Waals surface area (Å²) in [7, 11) is -3.84. The first-order chi connectivity index (χ1) is 12.7. The van der Waals surface area contributed by atoms with Crippen LogP contribution in [0.3, 0.4) is 0 Å². The Bertz CT molecular complexity index is 805. The first-order valence-corrected chi connectivity index (χ1v) is 10.9. The maximum Gasteiger partial charge on any atom is 0.246 e. The Morgan fingerprint density at radius 3 is 2.59 bits per heavy atom. The van der Waals surface area contributed by atoms with Gasteiger partial charge in [-0.1, -0.05) is 12.1 Å². The minimum Gasteiger partial charge on any atom is -0.396 e. The molecule has 1 unspecified atom stereocenters. The van der Waals surface area contributed by atoms with E-state index in [1.54, 1.807) is 4.90 Å². The van der Waals surface area contributed by atoms with Gasteiger partial charge in [-0.2, -0.15) is 4.31 Å². The molecule has 1 aromatic rings. The number of nitrogens with zero attached hydrogens (tertiary/aromatic N) is 2. The van der Waals surface area contributed by atoms with E-state index in [-0.39, 0.29) is 40.8 Å². The number of aliphatic hydroxyl groups excluding tert-OH is 1. The van der Waals surface area contributed by atoms with Gasteiger partial charge in [0.15, 0.2) is 0 Å². The Balaban J connectivity index is 1.64. The van der Waals surface area contributed by atoms with E-state index in [0.717, 1.165) is 6.07 Å². The molecule has 1 saturated heterocycles. The van der Waals surface area contributed by atoms with Gasteiger partial charge < -0.3 is 10.0 Å². The van der Waals surface area contributed by atoms with Crippen molar-refractivity contribution < 1.29 is 22.7 Å². The fourth-order valence-corrected chi connectivity index (χ4v) is 6.13. The van der Waals surface area contributed by atoms with Crippen molar-refractivity contribution >= 4 is 27.5 Å². The van der Waals surface area contributed by atoms with Gasteiger partial charge in [-0.05, 0) is 38.3 Å². The van der Waals surface area contributed by atoms with Crippen molar-refractivity contribution in [3.8, 4) is 0 Å². The van der Waals surface area contributed by atoms with Crippen LogP contribution in [0.25, 0.3) is 0 Å². The zero-order valence-electron chi connectivity index (χ0n) is 15.1. The molecule has 2 aliphatic rings. The summed E-state index contributed by atoms with van der Waals surface area (Å²) in [5, 5.41) is 9.15. The maximum atomic E-state index is 13.9. The lowest BCUT2D eigenvalue weighted by Gasteiger charge is -2.60. The fraction of sp³-hybridized carbons (Fsp3) is 0.611. The molecular weight excluding hydrogens is 395 g/mol. The molecule has 0 aromatic heterocycles. The summed E-state index contributed by atoms with van der Waals surface area (Å²) < 4.78 is 40.4. The van der Waals surface area contributed by atoms with Gasteiger partial charge in [-0.25, -0.2) is 12.8 Å². The average molecular weight is 419 g/mol. The van der Waals surface area contributed by atoms with Crippen molar-refractivity contribution in [2.75, 3.05) is 25.6 Å². The summed E-state index contributed by atoms with van der Waals surface area (Å²) in [6, 6.07) is 5.25. The minimum atomic E-state index is -3.84. The molecule has 27 heavy (non-hydrogen) atoms. The first kappa shape index (κ1) is 20.5. The third kappa shape index (κ3) is 3.72. The fourth-order valence-electron chi connectivity index (χ4n) is 4.26. The molecule has 6 nitrogen and oxygen atoms in total. The van der Waals surface area contributed by atoms with Gasteiger partial charge in [0, 0.05) is 37.2 Å². The number of halogens is 2. The van der Waals surface area contributed by atoms with Gasteiger partial charge in [0.1, 0.15) is 16.6 Å². The van der Waals surface area contributed by atoms with E-state index >= 15 is 0 Å². The predicted molar refractivity (Wildman–Crippen MR) is 99.3 cm³/mol. The lowest BCUT2D eigenvalue weighted by molar-refractivity contribution is -0.145. The van der Waals surface area contributed by atoms with Gasteiger partial charge in [0.25, 0.3) is 0 Å². The second kappa shape index (κ2) is 7.66. The highest BCUT2D eigenvalue weighted by molar-refractivity contribution is 7.89. The van der Waals surface area contributed by atoms with Crippen LogP contribution in [0.4, 0.5) is 4.39 Å². The molecule has 1 amide bonds. The number of sulfonamides is 1. The molecule has 9 heteroatoms. The molecule has 1 saturated carbocycles. The number of amides is 1. The van der Waals surface area contributed by atoms with E-state index < -0.39 is 15.8 Å². The van der Waals surface area contributed by atoms with Crippen LogP contribution in [0.2, 0.25) is 0 Å². The van der Waals surface area contributed by atoms with Crippen molar-refractivity contribution in [1.29, 1.82) is 0 Å².